The normalized spacial score (nSPS) is 27.8. The van der Waals surface area contributed by atoms with Gasteiger partial charge in [-0.15, -0.1) is 12.4 Å². The van der Waals surface area contributed by atoms with Gasteiger partial charge in [0, 0.05) is 31.1 Å². The van der Waals surface area contributed by atoms with Crippen LogP contribution in [0.3, 0.4) is 0 Å². The Balaban J connectivity index is 0.00000210. The molecule has 3 N–H and O–H groups in total. The molecule has 3 unspecified atom stereocenters. The maximum Gasteiger partial charge on any atom is 0.241 e. The molecule has 0 aromatic heterocycles. The second kappa shape index (κ2) is 9.32. The SMILES string of the molecule is Cl.O=C(C1NNC2CCNCC21)N(CCc1ccc(F)cc1)C1CCCC1. The highest BCUT2D eigenvalue weighted by molar-refractivity contribution is 5.85. The second-order valence-electron chi connectivity index (χ2n) is 7.88. The molecule has 2 heterocycles. The number of amides is 1. The number of carbonyl (C=O) groups excluding carboxylic acids is 1. The summed E-state index contributed by atoms with van der Waals surface area (Å²) in [7, 11) is 0. The average molecular weight is 397 g/mol. The Morgan fingerprint density at radius 3 is 2.59 bits per heavy atom. The first-order valence-corrected chi connectivity index (χ1v) is 9.99. The smallest absolute Gasteiger partial charge is 0.241 e. The predicted octanol–water partition coefficient (Wildman–Crippen LogP) is 2.02. The summed E-state index contributed by atoms with van der Waals surface area (Å²) in [5.74, 6) is 0.322. The van der Waals surface area contributed by atoms with Gasteiger partial charge in [0.25, 0.3) is 0 Å². The van der Waals surface area contributed by atoms with E-state index in [1.54, 1.807) is 0 Å². The molecule has 1 aliphatic carbocycles. The number of carbonyl (C=O) groups is 1. The van der Waals surface area contributed by atoms with Crippen LogP contribution in [0, 0.1) is 11.7 Å². The van der Waals surface area contributed by atoms with Crippen molar-refractivity contribution in [1.29, 1.82) is 0 Å². The molecule has 4 rings (SSSR count). The van der Waals surface area contributed by atoms with Gasteiger partial charge < -0.3 is 10.2 Å². The predicted molar refractivity (Wildman–Crippen MR) is 106 cm³/mol. The van der Waals surface area contributed by atoms with Gasteiger partial charge in [-0.3, -0.25) is 10.2 Å². The highest BCUT2D eigenvalue weighted by Crippen LogP contribution is 2.27. The van der Waals surface area contributed by atoms with Gasteiger partial charge in [0.05, 0.1) is 0 Å². The van der Waals surface area contributed by atoms with Crippen LogP contribution < -0.4 is 16.2 Å². The largest absolute Gasteiger partial charge is 0.338 e. The van der Waals surface area contributed by atoms with Crippen LogP contribution in [0.2, 0.25) is 0 Å². The summed E-state index contributed by atoms with van der Waals surface area (Å²) in [6, 6.07) is 7.22. The summed E-state index contributed by atoms with van der Waals surface area (Å²) in [5.41, 5.74) is 7.69. The average Bonchev–Trinajstić information content (AvgIpc) is 3.33. The van der Waals surface area contributed by atoms with Gasteiger partial charge in [-0.05, 0) is 49.9 Å². The van der Waals surface area contributed by atoms with E-state index in [0.717, 1.165) is 44.3 Å². The highest BCUT2D eigenvalue weighted by atomic mass is 35.5. The van der Waals surface area contributed by atoms with E-state index in [0.29, 0.717) is 24.5 Å². The molecule has 1 aromatic carbocycles. The molecule has 2 saturated heterocycles. The van der Waals surface area contributed by atoms with E-state index in [2.05, 4.69) is 21.1 Å². The third-order valence-corrected chi connectivity index (χ3v) is 6.25. The van der Waals surface area contributed by atoms with Gasteiger partial charge in [-0.1, -0.05) is 25.0 Å². The third-order valence-electron chi connectivity index (χ3n) is 6.25. The molecule has 27 heavy (non-hydrogen) atoms. The van der Waals surface area contributed by atoms with Crippen LogP contribution in [0.1, 0.15) is 37.7 Å². The molecule has 5 nitrogen and oxygen atoms in total. The first-order valence-electron chi connectivity index (χ1n) is 9.99. The van der Waals surface area contributed by atoms with Crippen molar-refractivity contribution in [3.63, 3.8) is 0 Å². The number of piperidine rings is 1. The molecule has 150 valence electrons. The van der Waals surface area contributed by atoms with Crippen LogP contribution in [-0.4, -0.2) is 48.6 Å². The number of hydrogen-bond donors (Lipinski definition) is 3. The molecule has 0 spiro atoms. The summed E-state index contributed by atoms with van der Waals surface area (Å²) >= 11 is 0. The van der Waals surface area contributed by atoms with Gasteiger partial charge in [-0.2, -0.15) is 0 Å². The Bertz CT molecular complexity index is 623. The molecule has 2 aliphatic heterocycles. The zero-order valence-corrected chi connectivity index (χ0v) is 16.4. The lowest BCUT2D eigenvalue weighted by Gasteiger charge is -2.34. The number of hydrogen-bond acceptors (Lipinski definition) is 4. The van der Waals surface area contributed by atoms with E-state index >= 15 is 0 Å². The van der Waals surface area contributed by atoms with E-state index in [4.69, 9.17) is 0 Å². The van der Waals surface area contributed by atoms with E-state index in [1.165, 1.54) is 25.0 Å². The molecule has 1 aromatic rings. The van der Waals surface area contributed by atoms with Crippen molar-refractivity contribution in [2.75, 3.05) is 19.6 Å². The fourth-order valence-corrected chi connectivity index (χ4v) is 4.73. The third kappa shape index (κ3) is 4.62. The van der Waals surface area contributed by atoms with Gasteiger partial charge in [-0.25, -0.2) is 9.82 Å². The topological polar surface area (TPSA) is 56.4 Å². The molecule has 1 saturated carbocycles. The van der Waals surface area contributed by atoms with Crippen LogP contribution in [0.25, 0.3) is 0 Å². The van der Waals surface area contributed by atoms with Crippen molar-refractivity contribution in [1.82, 2.24) is 21.1 Å². The van der Waals surface area contributed by atoms with Crippen molar-refractivity contribution < 1.29 is 9.18 Å². The van der Waals surface area contributed by atoms with Crippen LogP contribution in [-0.2, 0) is 11.2 Å². The maximum atomic E-state index is 13.4. The van der Waals surface area contributed by atoms with E-state index in [9.17, 15) is 9.18 Å². The van der Waals surface area contributed by atoms with Gasteiger partial charge in [0.15, 0.2) is 0 Å². The minimum absolute atomic E-state index is 0. The van der Waals surface area contributed by atoms with Crippen molar-refractivity contribution >= 4 is 18.3 Å². The lowest BCUT2D eigenvalue weighted by atomic mass is 9.88. The fraction of sp³-hybridized carbons (Fsp3) is 0.650. The number of hydrazine groups is 1. The Labute approximate surface area is 166 Å². The molecule has 0 radical (unpaired) electrons. The van der Waals surface area contributed by atoms with E-state index in [-0.39, 0.29) is 30.2 Å². The van der Waals surface area contributed by atoms with Gasteiger partial charge in [0.1, 0.15) is 11.9 Å². The minimum atomic E-state index is -0.213. The molecule has 7 heteroatoms. The van der Waals surface area contributed by atoms with Crippen molar-refractivity contribution in [3.05, 3.63) is 35.6 Å². The molecular weight excluding hydrogens is 367 g/mol. The lowest BCUT2D eigenvalue weighted by molar-refractivity contribution is -0.136. The number of fused-ring (bicyclic) bond motifs is 1. The zero-order valence-electron chi connectivity index (χ0n) is 15.6. The Kier molecular flexibility index (Phi) is 7.09. The fourth-order valence-electron chi connectivity index (χ4n) is 4.73. The number of nitrogens with zero attached hydrogens (tertiary/aromatic N) is 1. The number of rotatable bonds is 5. The molecule has 1 amide bonds. The summed E-state index contributed by atoms with van der Waals surface area (Å²) in [6.45, 7) is 2.60. The van der Waals surface area contributed by atoms with Gasteiger partial charge in [0.2, 0.25) is 5.91 Å². The van der Waals surface area contributed by atoms with Crippen molar-refractivity contribution in [3.8, 4) is 0 Å². The quantitative estimate of drug-likeness (QED) is 0.712. The van der Waals surface area contributed by atoms with Crippen molar-refractivity contribution in [2.45, 2.75) is 56.7 Å². The summed E-state index contributed by atoms with van der Waals surface area (Å²) < 4.78 is 13.1. The first kappa shape index (κ1) is 20.5. The molecular formula is C20H30ClFN4O. The van der Waals surface area contributed by atoms with Crippen molar-refractivity contribution in [2.24, 2.45) is 5.92 Å². The van der Waals surface area contributed by atoms with Crippen LogP contribution >= 0.6 is 12.4 Å². The Morgan fingerprint density at radius 2 is 1.85 bits per heavy atom. The minimum Gasteiger partial charge on any atom is -0.338 e. The van der Waals surface area contributed by atoms with E-state index in [1.807, 2.05) is 12.1 Å². The zero-order chi connectivity index (χ0) is 17.9. The highest BCUT2D eigenvalue weighted by Gasteiger charge is 2.43. The van der Waals surface area contributed by atoms with Gasteiger partial charge >= 0.3 is 0 Å². The number of nitrogens with one attached hydrogen (secondary N) is 3. The summed E-state index contributed by atoms with van der Waals surface area (Å²) in [5, 5.41) is 3.43. The molecule has 0 bridgehead atoms. The Hall–Kier alpha value is -1.21. The monoisotopic (exact) mass is 396 g/mol. The standard InChI is InChI=1S/C20H29FN4O.ClH/c21-15-7-5-14(6-8-15)10-12-25(16-3-1-2-4-16)20(26)19-17-13-22-11-9-18(17)23-24-19;/h5-8,16-19,22-24H,1-4,9-13H2;1H. The lowest BCUT2D eigenvalue weighted by Crippen LogP contribution is -2.53. The molecule has 3 aliphatic rings. The second-order valence-corrected chi connectivity index (χ2v) is 7.88. The van der Waals surface area contributed by atoms with Crippen LogP contribution in [0.4, 0.5) is 4.39 Å². The maximum absolute atomic E-state index is 13.4. The number of halogens is 2. The van der Waals surface area contributed by atoms with E-state index < -0.39 is 0 Å². The summed E-state index contributed by atoms with van der Waals surface area (Å²) in [6.07, 6.45) is 6.43. The molecule has 3 fully saturated rings. The van der Waals surface area contributed by atoms with Crippen LogP contribution in [0.5, 0.6) is 0 Å². The first-order chi connectivity index (χ1) is 12.7. The number of benzene rings is 1. The van der Waals surface area contributed by atoms with Crippen LogP contribution in [0.15, 0.2) is 24.3 Å². The Morgan fingerprint density at radius 1 is 1.11 bits per heavy atom. The summed E-state index contributed by atoms with van der Waals surface area (Å²) in [4.78, 5) is 15.5. The molecule has 3 atom stereocenters.